The van der Waals surface area contributed by atoms with Gasteiger partial charge in [-0.25, -0.2) is 0 Å². The number of benzene rings is 1. The van der Waals surface area contributed by atoms with Crippen LogP contribution < -0.4 is 5.73 Å². The number of carbonyl (C=O) groups excluding carboxylic acids is 1. The van der Waals surface area contributed by atoms with E-state index in [1.54, 1.807) is 6.08 Å². The third-order valence-corrected chi connectivity index (χ3v) is 5.31. The molecule has 0 aliphatic heterocycles. The predicted molar refractivity (Wildman–Crippen MR) is 145 cm³/mol. The number of alkyl halides is 6. The molecular weight excluding hydrogens is 558 g/mol. The summed E-state index contributed by atoms with van der Waals surface area (Å²) in [6, 6.07) is 3.55. The van der Waals surface area contributed by atoms with Gasteiger partial charge in [-0.1, -0.05) is 51.3 Å². The third kappa shape index (κ3) is 14.1. The van der Waals surface area contributed by atoms with Crippen LogP contribution in [0, 0.1) is 11.9 Å². The number of hydrogen-bond acceptors (Lipinski definition) is 3. The van der Waals surface area contributed by atoms with Crippen LogP contribution in [0.2, 0.25) is 0 Å². The molecule has 41 heavy (non-hydrogen) atoms. The maximum atomic E-state index is 13.4. The Bertz CT molecular complexity index is 1170. The molecule has 2 aromatic rings. The maximum absolute atomic E-state index is 13.4. The van der Waals surface area contributed by atoms with Crippen LogP contribution in [0.3, 0.4) is 0 Å². The highest BCUT2D eigenvalue weighted by Crippen LogP contribution is 2.36. The third-order valence-electron chi connectivity index (χ3n) is 5.31. The van der Waals surface area contributed by atoms with Gasteiger partial charge >= 0.3 is 12.4 Å². The van der Waals surface area contributed by atoms with Gasteiger partial charge in [0.25, 0.3) is 0 Å². The van der Waals surface area contributed by atoms with Crippen LogP contribution in [0.15, 0.2) is 53.6 Å². The van der Waals surface area contributed by atoms with Crippen molar-refractivity contribution in [2.75, 3.05) is 7.05 Å². The van der Waals surface area contributed by atoms with Crippen molar-refractivity contribution in [2.45, 2.75) is 72.2 Å². The molecule has 0 aliphatic rings. The summed E-state index contributed by atoms with van der Waals surface area (Å²) in [5.74, 6) is -2.69. The molecule has 2 N–H and O–H groups in total. The second kappa shape index (κ2) is 18.0. The lowest BCUT2D eigenvalue weighted by Gasteiger charge is -2.14. The van der Waals surface area contributed by atoms with E-state index in [2.05, 4.69) is 36.0 Å². The molecular formula is C29H35F8N3O. The lowest BCUT2D eigenvalue weighted by Crippen LogP contribution is -2.14. The number of primary amides is 1. The zero-order valence-corrected chi connectivity index (χ0v) is 23.6. The summed E-state index contributed by atoms with van der Waals surface area (Å²) < 4.78 is 101. The molecule has 1 aromatic heterocycles. The van der Waals surface area contributed by atoms with Crippen LogP contribution in [-0.4, -0.2) is 23.7 Å². The minimum Gasteiger partial charge on any atom is -0.366 e. The molecule has 1 aromatic carbocycles. The van der Waals surface area contributed by atoms with Gasteiger partial charge in [0.15, 0.2) is 0 Å². The second-order valence-electron chi connectivity index (χ2n) is 8.56. The average Bonchev–Trinajstić information content (AvgIpc) is 2.89. The Kier molecular flexibility index (Phi) is 16.4. The van der Waals surface area contributed by atoms with Crippen LogP contribution in [0.5, 0.6) is 0 Å². The number of allylic oxidation sites excluding steroid dienone is 3. The number of unbranched alkanes of at least 4 members (excludes halogenated alkanes) is 3. The van der Waals surface area contributed by atoms with Crippen LogP contribution in [0.1, 0.15) is 82.1 Å². The van der Waals surface area contributed by atoms with E-state index in [1.807, 2.05) is 6.92 Å². The normalized spacial score (nSPS) is 12.4. The van der Waals surface area contributed by atoms with Crippen molar-refractivity contribution in [2.24, 2.45) is 10.7 Å². The predicted octanol–water partition coefficient (Wildman–Crippen LogP) is 8.94. The molecule has 0 unspecified atom stereocenters. The number of amides is 1. The van der Waals surface area contributed by atoms with Crippen molar-refractivity contribution in [1.29, 1.82) is 0 Å². The van der Waals surface area contributed by atoms with E-state index < -0.39 is 41.3 Å². The van der Waals surface area contributed by atoms with E-state index in [4.69, 9.17) is 5.73 Å². The van der Waals surface area contributed by atoms with Crippen molar-refractivity contribution < 1.29 is 39.9 Å². The Balaban J connectivity index is 0.000000654. The van der Waals surface area contributed by atoms with Crippen LogP contribution >= 0.6 is 0 Å². The first kappa shape index (κ1) is 37.4. The Morgan fingerprint density at radius 2 is 1.51 bits per heavy atom. The highest BCUT2D eigenvalue weighted by atomic mass is 19.4. The van der Waals surface area contributed by atoms with Gasteiger partial charge < -0.3 is 5.73 Å². The van der Waals surface area contributed by atoms with Crippen molar-refractivity contribution in [3.05, 3.63) is 82.7 Å². The topological polar surface area (TPSA) is 68.3 Å². The SMILES string of the molecule is C/C=C/CCC.CCCC/C=C(\C(N)=O)c1ccc(F)nc1F.CN=C(C)c1cc(C(F)(F)F)cc(C(F)(F)F)c1. The molecule has 0 saturated carbocycles. The Morgan fingerprint density at radius 3 is 1.88 bits per heavy atom. The first-order valence-corrected chi connectivity index (χ1v) is 12.7. The Labute approximate surface area is 235 Å². The number of halogens is 8. The van der Waals surface area contributed by atoms with Gasteiger partial charge in [0.2, 0.25) is 17.8 Å². The summed E-state index contributed by atoms with van der Waals surface area (Å²) in [7, 11) is 1.29. The molecule has 1 amide bonds. The molecule has 0 radical (unpaired) electrons. The fourth-order valence-corrected chi connectivity index (χ4v) is 3.03. The molecule has 0 bridgehead atoms. The zero-order valence-electron chi connectivity index (χ0n) is 23.6. The fourth-order valence-electron chi connectivity index (χ4n) is 3.03. The van der Waals surface area contributed by atoms with Crippen LogP contribution in [0.4, 0.5) is 35.1 Å². The average molecular weight is 594 g/mol. The van der Waals surface area contributed by atoms with Gasteiger partial charge in [-0.3, -0.25) is 9.79 Å². The molecule has 0 fully saturated rings. The number of nitrogens with two attached hydrogens (primary N) is 1. The van der Waals surface area contributed by atoms with Gasteiger partial charge in [0.1, 0.15) is 0 Å². The largest absolute Gasteiger partial charge is 0.416 e. The monoisotopic (exact) mass is 593 g/mol. The van der Waals surface area contributed by atoms with Crippen molar-refractivity contribution in [3.8, 4) is 0 Å². The summed E-state index contributed by atoms with van der Waals surface area (Å²) in [6.07, 6.45) is 1.10. The summed E-state index contributed by atoms with van der Waals surface area (Å²) in [4.78, 5) is 17.8. The van der Waals surface area contributed by atoms with Gasteiger partial charge in [0.05, 0.1) is 11.1 Å². The van der Waals surface area contributed by atoms with Crippen molar-refractivity contribution >= 4 is 17.2 Å². The summed E-state index contributed by atoms with van der Waals surface area (Å²) in [5.41, 5.74) is 2.38. The van der Waals surface area contributed by atoms with E-state index in [-0.39, 0.29) is 28.5 Å². The highest BCUT2D eigenvalue weighted by molar-refractivity contribution is 6.18. The lowest BCUT2D eigenvalue weighted by molar-refractivity contribution is -0.143. The lowest BCUT2D eigenvalue weighted by atomic mass is 10.0. The number of hydrogen-bond donors (Lipinski definition) is 1. The molecule has 0 spiro atoms. The molecule has 4 nitrogen and oxygen atoms in total. The van der Waals surface area contributed by atoms with E-state index in [9.17, 15) is 39.9 Å². The van der Waals surface area contributed by atoms with Gasteiger partial charge in [0, 0.05) is 23.9 Å². The van der Waals surface area contributed by atoms with Gasteiger partial charge in [-0.05, 0) is 62.6 Å². The van der Waals surface area contributed by atoms with Crippen molar-refractivity contribution in [3.63, 3.8) is 0 Å². The summed E-state index contributed by atoms with van der Waals surface area (Å²) >= 11 is 0. The van der Waals surface area contributed by atoms with Crippen LogP contribution in [-0.2, 0) is 17.1 Å². The molecule has 12 heteroatoms. The van der Waals surface area contributed by atoms with E-state index in [1.165, 1.54) is 32.9 Å². The Morgan fingerprint density at radius 1 is 0.951 bits per heavy atom. The molecule has 0 atom stereocenters. The van der Waals surface area contributed by atoms with Crippen LogP contribution in [0.25, 0.3) is 5.57 Å². The molecule has 228 valence electrons. The number of rotatable bonds is 8. The maximum Gasteiger partial charge on any atom is 0.416 e. The molecule has 1 heterocycles. The second-order valence-corrected chi connectivity index (χ2v) is 8.56. The van der Waals surface area contributed by atoms with E-state index in [0.717, 1.165) is 18.9 Å². The minimum absolute atomic E-state index is 0.0449. The van der Waals surface area contributed by atoms with Gasteiger partial charge in [-0.15, -0.1) is 0 Å². The number of carbonyl (C=O) groups is 1. The van der Waals surface area contributed by atoms with Gasteiger partial charge in [-0.2, -0.15) is 40.1 Å². The fraction of sp³-hybridized carbons (Fsp3) is 0.414. The number of nitrogens with zero attached hydrogens (tertiary/aromatic N) is 2. The Hall–Kier alpha value is -3.57. The summed E-state index contributed by atoms with van der Waals surface area (Å²) in [6.45, 7) is 7.57. The quantitative estimate of drug-likeness (QED) is 0.0829. The van der Waals surface area contributed by atoms with Crippen molar-refractivity contribution in [1.82, 2.24) is 4.98 Å². The smallest absolute Gasteiger partial charge is 0.366 e. The summed E-state index contributed by atoms with van der Waals surface area (Å²) in [5, 5.41) is 0. The van der Waals surface area contributed by atoms with E-state index in [0.29, 0.717) is 18.6 Å². The standard InChI is InChI=1S/C12H14F2N2O.C11H9F6N.C6H12/c1-2-3-4-5-9(12(15)17)8-6-7-10(13)16-11(8)14;1-6(18-2)7-3-8(10(12,13)14)5-9(4-7)11(15,16)17;1-3-5-6-4-2/h5-7H,2-4H2,1H3,(H2,15,17);3-5H,1-2H3;3,5H,4,6H2,1-2H3/b9-5-;;5-3+. The first-order valence-electron chi connectivity index (χ1n) is 12.7. The van der Waals surface area contributed by atoms with E-state index >= 15 is 0 Å². The zero-order chi connectivity index (χ0) is 31.8. The molecule has 0 saturated heterocycles. The molecule has 2 rings (SSSR count). The molecule has 0 aliphatic carbocycles. The minimum atomic E-state index is -4.83. The highest BCUT2D eigenvalue weighted by Gasteiger charge is 2.37. The number of aromatic nitrogens is 1. The number of aliphatic imine (C=N–C) groups is 1. The number of pyridine rings is 1. The first-order chi connectivity index (χ1) is 19.0.